The van der Waals surface area contributed by atoms with Crippen LogP contribution in [0.25, 0.3) is 0 Å². The summed E-state index contributed by atoms with van der Waals surface area (Å²) in [6.07, 6.45) is 1.10. The molecule has 0 bridgehead atoms. The lowest BCUT2D eigenvalue weighted by molar-refractivity contribution is -0.129. The number of rotatable bonds is 9. The van der Waals surface area contributed by atoms with Crippen LogP contribution in [0.4, 0.5) is 0 Å². The van der Waals surface area contributed by atoms with Gasteiger partial charge < -0.3 is 15.4 Å². The Hall–Kier alpha value is -1.11. The first-order valence-corrected chi connectivity index (χ1v) is 8.91. The molecule has 5 nitrogen and oxygen atoms in total. The minimum Gasteiger partial charge on any atom is -0.496 e. The molecule has 25 heavy (non-hydrogen) atoms. The number of benzene rings is 1. The van der Waals surface area contributed by atoms with Crippen LogP contribution >= 0.6 is 28.3 Å². The van der Waals surface area contributed by atoms with Crippen LogP contribution in [-0.4, -0.2) is 43.3 Å². The van der Waals surface area contributed by atoms with Gasteiger partial charge in [-0.25, -0.2) is 0 Å². The van der Waals surface area contributed by atoms with Crippen molar-refractivity contribution >= 4 is 40.0 Å². The summed E-state index contributed by atoms with van der Waals surface area (Å²) in [7, 11) is 3.27. The smallest absolute Gasteiger partial charge is 0.222 e. The maximum atomic E-state index is 12.4. The minimum atomic E-state index is -0.103. The largest absolute Gasteiger partial charge is 0.496 e. The third-order valence-corrected chi connectivity index (χ3v) is 4.60. The fourth-order valence-corrected chi connectivity index (χ4v) is 2.61. The molecule has 0 aromatic heterocycles. The van der Waals surface area contributed by atoms with Gasteiger partial charge in [0, 0.05) is 36.9 Å². The molecule has 0 saturated carbocycles. The zero-order chi connectivity index (χ0) is 18.3. The van der Waals surface area contributed by atoms with Crippen LogP contribution in [0.3, 0.4) is 0 Å². The lowest BCUT2D eigenvalue weighted by Gasteiger charge is -2.21. The van der Waals surface area contributed by atoms with E-state index in [1.54, 1.807) is 24.1 Å². The molecular weight excluding hydrogens is 408 g/mol. The Morgan fingerprint density at radius 3 is 2.48 bits per heavy atom. The van der Waals surface area contributed by atoms with Gasteiger partial charge in [-0.3, -0.25) is 9.59 Å². The number of hydrogen-bond donors (Lipinski definition) is 1. The highest BCUT2D eigenvalue weighted by atomic mass is 79.9. The lowest BCUT2D eigenvalue weighted by Crippen LogP contribution is -2.34. The van der Waals surface area contributed by atoms with E-state index in [0.717, 1.165) is 10.9 Å². The molecular formula is C18H28BrClN2O3. The van der Waals surface area contributed by atoms with Crippen molar-refractivity contribution in [2.24, 2.45) is 11.7 Å². The molecule has 1 aromatic carbocycles. The SMILES string of the molecule is COc1ccc(Br)cc1C(=O)CCC(=O)N(C)CCC(N)C(C)C.Cl. The van der Waals surface area contributed by atoms with Crippen molar-refractivity contribution in [1.82, 2.24) is 4.90 Å². The molecule has 0 spiro atoms. The first kappa shape index (κ1) is 23.9. The molecule has 1 amide bonds. The average Bonchev–Trinajstić information content (AvgIpc) is 2.56. The zero-order valence-electron chi connectivity index (χ0n) is 15.3. The van der Waals surface area contributed by atoms with Crippen LogP contribution in [0.15, 0.2) is 22.7 Å². The molecule has 0 radical (unpaired) electrons. The standard InChI is InChI=1S/C18H27BrN2O3.ClH/c1-12(2)15(20)9-10-21(3)18(23)8-6-16(22)14-11-13(19)5-7-17(14)24-4;/h5,7,11-12,15H,6,8-10,20H2,1-4H3;1H. The first-order valence-electron chi connectivity index (χ1n) is 8.12. The van der Waals surface area contributed by atoms with Gasteiger partial charge in [-0.1, -0.05) is 29.8 Å². The van der Waals surface area contributed by atoms with E-state index >= 15 is 0 Å². The van der Waals surface area contributed by atoms with Gasteiger partial charge in [-0.2, -0.15) is 0 Å². The van der Waals surface area contributed by atoms with Gasteiger partial charge in [0.25, 0.3) is 0 Å². The quantitative estimate of drug-likeness (QED) is 0.601. The van der Waals surface area contributed by atoms with Gasteiger partial charge in [-0.05, 0) is 30.5 Å². The van der Waals surface area contributed by atoms with E-state index in [2.05, 4.69) is 29.8 Å². The summed E-state index contributed by atoms with van der Waals surface area (Å²) in [6, 6.07) is 5.34. The molecule has 1 atom stereocenters. The molecule has 142 valence electrons. The van der Waals surface area contributed by atoms with E-state index in [-0.39, 0.29) is 43.0 Å². The first-order chi connectivity index (χ1) is 11.3. The minimum absolute atomic E-state index is 0. The molecule has 1 aromatic rings. The second kappa shape index (κ2) is 11.5. The van der Waals surface area contributed by atoms with Crippen LogP contribution in [0.1, 0.15) is 43.5 Å². The summed E-state index contributed by atoms with van der Waals surface area (Å²) in [5.41, 5.74) is 6.49. The van der Waals surface area contributed by atoms with Gasteiger partial charge in [0.2, 0.25) is 5.91 Å². The highest BCUT2D eigenvalue weighted by Crippen LogP contribution is 2.24. The van der Waals surface area contributed by atoms with Gasteiger partial charge in [0.1, 0.15) is 5.75 Å². The van der Waals surface area contributed by atoms with Crippen molar-refractivity contribution in [3.05, 3.63) is 28.2 Å². The molecule has 1 unspecified atom stereocenters. The Labute approximate surface area is 164 Å². The molecule has 7 heteroatoms. The summed E-state index contributed by atoms with van der Waals surface area (Å²) in [4.78, 5) is 26.2. The van der Waals surface area contributed by atoms with Gasteiger partial charge in [0.15, 0.2) is 5.78 Å². The third kappa shape index (κ3) is 7.75. The number of methoxy groups -OCH3 is 1. The van der Waals surface area contributed by atoms with Gasteiger partial charge in [-0.15, -0.1) is 12.4 Å². The Kier molecular flexibility index (Phi) is 11.0. The van der Waals surface area contributed by atoms with Crippen LogP contribution in [-0.2, 0) is 4.79 Å². The fourth-order valence-electron chi connectivity index (χ4n) is 2.24. The van der Waals surface area contributed by atoms with Crippen molar-refractivity contribution in [3.63, 3.8) is 0 Å². The monoisotopic (exact) mass is 434 g/mol. The van der Waals surface area contributed by atoms with E-state index in [4.69, 9.17) is 10.5 Å². The summed E-state index contributed by atoms with van der Waals surface area (Å²) in [5.74, 6) is 0.757. The maximum Gasteiger partial charge on any atom is 0.222 e. The van der Waals surface area contributed by atoms with Crippen LogP contribution in [0.2, 0.25) is 0 Å². The molecule has 0 fully saturated rings. The number of carbonyl (C=O) groups is 2. The number of ketones is 1. The molecule has 0 aliphatic rings. The van der Waals surface area contributed by atoms with Crippen molar-refractivity contribution in [2.75, 3.05) is 20.7 Å². The third-order valence-electron chi connectivity index (χ3n) is 4.11. The summed E-state index contributed by atoms with van der Waals surface area (Å²) in [6.45, 7) is 4.74. The maximum absolute atomic E-state index is 12.4. The highest BCUT2D eigenvalue weighted by molar-refractivity contribution is 9.10. The predicted molar refractivity (Wildman–Crippen MR) is 107 cm³/mol. The molecule has 1 rings (SSSR count). The topological polar surface area (TPSA) is 72.6 Å². The second-order valence-corrected chi connectivity index (χ2v) is 7.20. The molecule has 0 aliphatic carbocycles. The Balaban J connectivity index is 0.00000576. The number of nitrogens with two attached hydrogens (primary N) is 1. The van der Waals surface area contributed by atoms with Gasteiger partial charge in [0.05, 0.1) is 12.7 Å². The zero-order valence-corrected chi connectivity index (χ0v) is 17.7. The number of carbonyl (C=O) groups excluding carboxylic acids is 2. The van der Waals surface area contributed by atoms with E-state index in [1.165, 1.54) is 7.11 Å². The number of amides is 1. The molecule has 0 heterocycles. The van der Waals surface area contributed by atoms with Crippen molar-refractivity contribution in [3.8, 4) is 5.75 Å². The molecule has 0 saturated heterocycles. The Morgan fingerprint density at radius 2 is 1.92 bits per heavy atom. The number of nitrogens with zero attached hydrogens (tertiary/aromatic N) is 1. The predicted octanol–water partition coefficient (Wildman–Crippen LogP) is 3.67. The van der Waals surface area contributed by atoms with Crippen molar-refractivity contribution in [1.29, 1.82) is 0 Å². The number of ether oxygens (including phenoxy) is 1. The summed E-state index contributed by atoms with van der Waals surface area (Å²) >= 11 is 3.35. The van der Waals surface area contributed by atoms with Crippen molar-refractivity contribution < 1.29 is 14.3 Å². The Bertz CT molecular complexity index is 581. The number of Topliss-reactive ketones (excluding diaryl/α,β-unsaturated/α-hetero) is 1. The lowest BCUT2D eigenvalue weighted by atomic mass is 10.0. The van der Waals surface area contributed by atoms with E-state index in [9.17, 15) is 9.59 Å². The second-order valence-electron chi connectivity index (χ2n) is 6.28. The fraction of sp³-hybridized carbons (Fsp3) is 0.556. The average molecular weight is 436 g/mol. The van der Waals surface area contributed by atoms with E-state index in [0.29, 0.717) is 23.8 Å². The molecule has 0 aliphatic heterocycles. The van der Waals surface area contributed by atoms with E-state index < -0.39 is 0 Å². The summed E-state index contributed by atoms with van der Waals surface area (Å²) in [5, 5.41) is 0. The van der Waals surface area contributed by atoms with Crippen LogP contribution in [0.5, 0.6) is 5.75 Å². The molecule has 2 N–H and O–H groups in total. The van der Waals surface area contributed by atoms with Crippen LogP contribution in [0, 0.1) is 5.92 Å². The van der Waals surface area contributed by atoms with Gasteiger partial charge >= 0.3 is 0 Å². The number of hydrogen-bond acceptors (Lipinski definition) is 4. The Morgan fingerprint density at radius 1 is 1.28 bits per heavy atom. The highest BCUT2D eigenvalue weighted by Gasteiger charge is 2.17. The summed E-state index contributed by atoms with van der Waals surface area (Å²) < 4.78 is 6.02. The number of halogens is 2. The van der Waals surface area contributed by atoms with Crippen molar-refractivity contribution in [2.45, 2.75) is 39.2 Å². The van der Waals surface area contributed by atoms with Crippen LogP contribution < -0.4 is 10.5 Å². The van der Waals surface area contributed by atoms with E-state index in [1.807, 2.05) is 6.07 Å². The normalized spacial score (nSPS) is 11.6.